The molecular weight excluding hydrogens is 326 g/mol. The van der Waals surface area contributed by atoms with E-state index >= 15 is 0 Å². The van der Waals surface area contributed by atoms with Crippen LogP contribution in [-0.2, 0) is 0 Å². The predicted molar refractivity (Wildman–Crippen MR) is 74.9 cm³/mol. The van der Waals surface area contributed by atoms with E-state index in [0.717, 1.165) is 17.3 Å². The van der Waals surface area contributed by atoms with Crippen LogP contribution < -0.4 is 10.1 Å². The molecule has 1 amide bonds. The number of aromatic nitrogens is 2. The molecule has 6 nitrogen and oxygen atoms in total. The quantitative estimate of drug-likeness (QED) is 0.927. The van der Waals surface area contributed by atoms with Gasteiger partial charge in [-0.3, -0.25) is 10.1 Å². The molecule has 0 atom stereocenters. The van der Waals surface area contributed by atoms with Crippen molar-refractivity contribution in [2.24, 2.45) is 0 Å². The van der Waals surface area contributed by atoms with Crippen LogP contribution in [0.1, 0.15) is 35.0 Å². The summed E-state index contributed by atoms with van der Waals surface area (Å²) in [6, 6.07) is 5.26. The summed E-state index contributed by atoms with van der Waals surface area (Å²) >= 11 is 3.33. The summed E-state index contributed by atoms with van der Waals surface area (Å²) < 4.78 is 11.4. The zero-order valence-corrected chi connectivity index (χ0v) is 12.3. The summed E-state index contributed by atoms with van der Waals surface area (Å²) in [6.45, 7) is 0. The fourth-order valence-electron chi connectivity index (χ4n) is 1.80. The molecule has 0 radical (unpaired) electrons. The van der Waals surface area contributed by atoms with Gasteiger partial charge in [0.1, 0.15) is 5.75 Å². The Balaban J connectivity index is 1.77. The van der Waals surface area contributed by atoms with Crippen molar-refractivity contribution >= 4 is 27.9 Å². The standard InChI is InChI=1S/C13H12BrN3O3/c1-19-10-6-8(14)4-5-9(10)11(18)15-13-17-16-12(20-13)7-2-3-7/h4-7H,2-3H2,1H3,(H,15,17,18). The molecule has 0 bridgehead atoms. The molecule has 0 spiro atoms. The number of methoxy groups -OCH3 is 1. The maximum Gasteiger partial charge on any atom is 0.322 e. The molecule has 0 aliphatic heterocycles. The first-order chi connectivity index (χ1) is 9.67. The first-order valence-corrected chi connectivity index (χ1v) is 6.95. The lowest BCUT2D eigenvalue weighted by Gasteiger charge is -2.07. The summed E-state index contributed by atoms with van der Waals surface area (Å²) in [5.74, 6) is 1.07. The van der Waals surface area contributed by atoms with E-state index in [-0.39, 0.29) is 11.9 Å². The number of hydrogen-bond donors (Lipinski definition) is 1. The normalized spacial score (nSPS) is 14.1. The Labute approximate surface area is 123 Å². The van der Waals surface area contributed by atoms with Crippen molar-refractivity contribution in [3.05, 3.63) is 34.1 Å². The first-order valence-electron chi connectivity index (χ1n) is 6.15. The minimum atomic E-state index is -0.347. The molecule has 20 heavy (non-hydrogen) atoms. The van der Waals surface area contributed by atoms with E-state index in [1.54, 1.807) is 18.2 Å². The molecule has 104 valence electrons. The minimum Gasteiger partial charge on any atom is -0.496 e. The van der Waals surface area contributed by atoms with Crippen LogP contribution in [0.25, 0.3) is 0 Å². The van der Waals surface area contributed by atoms with Crippen LogP contribution in [0.5, 0.6) is 5.75 Å². The number of hydrogen-bond acceptors (Lipinski definition) is 5. The third kappa shape index (κ3) is 2.67. The zero-order chi connectivity index (χ0) is 14.1. The average molecular weight is 338 g/mol. The number of ether oxygens (including phenoxy) is 1. The van der Waals surface area contributed by atoms with Crippen LogP contribution in [0.15, 0.2) is 27.1 Å². The first kappa shape index (κ1) is 13.1. The van der Waals surface area contributed by atoms with Crippen molar-refractivity contribution in [3.63, 3.8) is 0 Å². The van der Waals surface area contributed by atoms with E-state index in [2.05, 4.69) is 31.4 Å². The highest BCUT2D eigenvalue weighted by molar-refractivity contribution is 9.10. The number of carbonyl (C=O) groups excluding carboxylic acids is 1. The Bertz CT molecular complexity index is 652. The fourth-order valence-corrected chi connectivity index (χ4v) is 2.14. The lowest BCUT2D eigenvalue weighted by Crippen LogP contribution is -2.13. The van der Waals surface area contributed by atoms with Crippen LogP contribution in [0, 0.1) is 0 Å². The van der Waals surface area contributed by atoms with E-state index in [1.807, 2.05) is 0 Å². The van der Waals surface area contributed by atoms with Gasteiger partial charge in [-0.25, -0.2) is 0 Å². The van der Waals surface area contributed by atoms with Gasteiger partial charge in [-0.15, -0.1) is 5.10 Å². The van der Waals surface area contributed by atoms with Crippen molar-refractivity contribution in [2.45, 2.75) is 18.8 Å². The Morgan fingerprint density at radius 2 is 2.25 bits per heavy atom. The largest absolute Gasteiger partial charge is 0.496 e. The van der Waals surface area contributed by atoms with Crippen LogP contribution in [0.4, 0.5) is 6.01 Å². The van der Waals surface area contributed by atoms with Gasteiger partial charge < -0.3 is 9.15 Å². The van der Waals surface area contributed by atoms with Gasteiger partial charge in [-0.2, -0.15) is 0 Å². The molecule has 1 aromatic carbocycles. The van der Waals surface area contributed by atoms with E-state index < -0.39 is 0 Å². The minimum absolute atomic E-state index is 0.113. The number of nitrogens with zero attached hydrogens (tertiary/aromatic N) is 2. The number of halogens is 1. The smallest absolute Gasteiger partial charge is 0.322 e. The molecule has 1 fully saturated rings. The molecule has 0 saturated heterocycles. The Morgan fingerprint density at radius 1 is 1.45 bits per heavy atom. The van der Waals surface area contributed by atoms with Gasteiger partial charge in [0.15, 0.2) is 0 Å². The Hall–Kier alpha value is -1.89. The number of amides is 1. The van der Waals surface area contributed by atoms with Gasteiger partial charge in [0, 0.05) is 10.4 Å². The van der Waals surface area contributed by atoms with E-state index in [1.165, 1.54) is 7.11 Å². The molecule has 1 N–H and O–H groups in total. The molecule has 1 aliphatic carbocycles. The molecule has 1 saturated carbocycles. The van der Waals surface area contributed by atoms with Gasteiger partial charge in [0.2, 0.25) is 5.89 Å². The van der Waals surface area contributed by atoms with Crippen molar-refractivity contribution in [1.82, 2.24) is 10.2 Å². The third-order valence-electron chi connectivity index (χ3n) is 3.00. The molecule has 0 unspecified atom stereocenters. The number of anilines is 1. The van der Waals surface area contributed by atoms with Gasteiger partial charge in [0.25, 0.3) is 5.91 Å². The highest BCUT2D eigenvalue weighted by Crippen LogP contribution is 2.39. The molecule has 3 rings (SSSR count). The zero-order valence-electron chi connectivity index (χ0n) is 10.7. The van der Waals surface area contributed by atoms with E-state index in [9.17, 15) is 4.79 Å². The number of benzene rings is 1. The van der Waals surface area contributed by atoms with Gasteiger partial charge >= 0.3 is 6.01 Å². The summed E-state index contributed by atoms with van der Waals surface area (Å²) in [4.78, 5) is 12.2. The van der Waals surface area contributed by atoms with Gasteiger partial charge in [-0.05, 0) is 31.0 Å². The fraction of sp³-hybridized carbons (Fsp3) is 0.308. The maximum absolute atomic E-state index is 12.2. The third-order valence-corrected chi connectivity index (χ3v) is 3.49. The summed E-state index contributed by atoms with van der Waals surface area (Å²) in [7, 11) is 1.51. The van der Waals surface area contributed by atoms with E-state index in [4.69, 9.17) is 9.15 Å². The maximum atomic E-state index is 12.2. The highest BCUT2D eigenvalue weighted by atomic mass is 79.9. The van der Waals surface area contributed by atoms with Crippen LogP contribution in [0.2, 0.25) is 0 Å². The second kappa shape index (κ2) is 5.24. The molecule has 1 aliphatic rings. The number of nitrogens with one attached hydrogen (secondary N) is 1. The van der Waals surface area contributed by atoms with Crippen molar-refractivity contribution in [3.8, 4) is 5.75 Å². The Kier molecular flexibility index (Phi) is 3.43. The summed E-state index contributed by atoms with van der Waals surface area (Å²) in [5, 5.41) is 10.3. The van der Waals surface area contributed by atoms with Crippen molar-refractivity contribution in [2.75, 3.05) is 12.4 Å². The van der Waals surface area contributed by atoms with E-state index in [0.29, 0.717) is 23.1 Å². The molecular formula is C13H12BrN3O3. The van der Waals surface area contributed by atoms with Crippen molar-refractivity contribution < 1.29 is 13.9 Å². The van der Waals surface area contributed by atoms with Crippen LogP contribution in [0.3, 0.4) is 0 Å². The average Bonchev–Trinajstić information content (AvgIpc) is 3.19. The monoisotopic (exact) mass is 337 g/mol. The SMILES string of the molecule is COc1cc(Br)ccc1C(=O)Nc1nnc(C2CC2)o1. The second-order valence-corrected chi connectivity index (χ2v) is 5.43. The lowest BCUT2D eigenvalue weighted by molar-refractivity contribution is 0.102. The topological polar surface area (TPSA) is 77.2 Å². The van der Waals surface area contributed by atoms with Crippen LogP contribution >= 0.6 is 15.9 Å². The van der Waals surface area contributed by atoms with Gasteiger partial charge in [-0.1, -0.05) is 21.0 Å². The predicted octanol–water partition coefficient (Wildman–Crippen LogP) is 2.97. The van der Waals surface area contributed by atoms with Crippen molar-refractivity contribution in [1.29, 1.82) is 0 Å². The molecule has 7 heteroatoms. The number of rotatable bonds is 4. The van der Waals surface area contributed by atoms with Crippen LogP contribution in [-0.4, -0.2) is 23.2 Å². The summed E-state index contributed by atoms with van der Waals surface area (Å²) in [5.41, 5.74) is 0.405. The molecule has 1 aromatic heterocycles. The number of carbonyl (C=O) groups is 1. The summed E-state index contributed by atoms with van der Waals surface area (Å²) in [6.07, 6.45) is 2.13. The second-order valence-electron chi connectivity index (χ2n) is 4.52. The highest BCUT2D eigenvalue weighted by Gasteiger charge is 2.29. The Morgan fingerprint density at radius 3 is 2.95 bits per heavy atom. The lowest BCUT2D eigenvalue weighted by atomic mass is 10.2. The molecule has 2 aromatic rings. The van der Waals surface area contributed by atoms with Gasteiger partial charge in [0.05, 0.1) is 12.7 Å². The molecule has 1 heterocycles.